The second-order valence-electron chi connectivity index (χ2n) is 8.96. The Labute approximate surface area is 207 Å². The lowest BCUT2D eigenvalue weighted by Crippen LogP contribution is -2.43. The molecule has 8 nitrogen and oxygen atoms in total. The zero-order chi connectivity index (χ0) is 24.8. The van der Waals surface area contributed by atoms with Crippen LogP contribution in [0.5, 0.6) is 0 Å². The van der Waals surface area contributed by atoms with Crippen molar-refractivity contribution in [3.05, 3.63) is 88.9 Å². The molecule has 0 atom stereocenters. The Morgan fingerprint density at radius 3 is 2.49 bits per heavy atom. The molecule has 2 N–H and O–H groups in total. The molecule has 4 rings (SSSR count). The fraction of sp³-hybridized carbons (Fsp3) is 0.346. The lowest BCUT2D eigenvalue weighted by atomic mass is 10.1. The molecule has 1 amide bonds. The van der Waals surface area contributed by atoms with Crippen molar-refractivity contribution in [2.75, 3.05) is 33.2 Å². The minimum absolute atomic E-state index is 0.0361. The molecule has 9 heteroatoms. The number of hydrogen-bond donors (Lipinski definition) is 2. The van der Waals surface area contributed by atoms with Crippen LogP contribution in [0.2, 0.25) is 0 Å². The monoisotopic (exact) mass is 496 g/mol. The SMILES string of the molecule is Cc1ccc(S(=O)(=O)NCc2ccco2)cc1C(=O)NCc1cccc(CN2CCN(C)CC2)c1. The van der Waals surface area contributed by atoms with Crippen molar-refractivity contribution in [2.24, 2.45) is 0 Å². The topological polar surface area (TPSA) is 94.9 Å². The summed E-state index contributed by atoms with van der Waals surface area (Å²) < 4.78 is 33.1. The third-order valence-corrected chi connectivity index (χ3v) is 7.63. The number of carbonyl (C=O) groups excluding carboxylic acids is 1. The van der Waals surface area contributed by atoms with Gasteiger partial charge >= 0.3 is 0 Å². The number of carbonyl (C=O) groups is 1. The molecule has 1 saturated heterocycles. The van der Waals surface area contributed by atoms with Gasteiger partial charge in [-0.3, -0.25) is 9.69 Å². The molecule has 3 aromatic rings. The number of rotatable bonds is 9. The van der Waals surface area contributed by atoms with E-state index in [0.29, 0.717) is 23.4 Å². The predicted octanol–water partition coefficient (Wildman–Crippen LogP) is 2.74. The predicted molar refractivity (Wildman–Crippen MR) is 134 cm³/mol. The third-order valence-electron chi connectivity index (χ3n) is 6.23. The van der Waals surface area contributed by atoms with Crippen LogP contribution in [-0.4, -0.2) is 57.4 Å². The second kappa shape index (κ2) is 11.2. The fourth-order valence-corrected chi connectivity index (χ4v) is 5.07. The highest BCUT2D eigenvalue weighted by molar-refractivity contribution is 7.89. The van der Waals surface area contributed by atoms with Crippen LogP contribution < -0.4 is 10.0 Å². The number of furan rings is 1. The molecule has 2 heterocycles. The van der Waals surface area contributed by atoms with Crippen LogP contribution in [0.4, 0.5) is 0 Å². The first-order chi connectivity index (χ1) is 16.8. The summed E-state index contributed by atoms with van der Waals surface area (Å²) in [5.74, 6) is 0.198. The maximum absolute atomic E-state index is 12.9. The van der Waals surface area contributed by atoms with Gasteiger partial charge in [0.2, 0.25) is 10.0 Å². The van der Waals surface area contributed by atoms with Crippen LogP contribution >= 0.6 is 0 Å². The summed E-state index contributed by atoms with van der Waals surface area (Å²) in [6, 6.07) is 16.2. The van der Waals surface area contributed by atoms with E-state index in [-0.39, 0.29) is 17.3 Å². The number of hydrogen-bond acceptors (Lipinski definition) is 6. The second-order valence-corrected chi connectivity index (χ2v) is 10.7. The molecule has 0 saturated carbocycles. The quantitative estimate of drug-likeness (QED) is 0.473. The first-order valence-corrected chi connectivity index (χ1v) is 13.2. The molecule has 0 radical (unpaired) electrons. The number of nitrogens with zero attached hydrogens (tertiary/aromatic N) is 2. The van der Waals surface area contributed by atoms with Gasteiger partial charge in [-0.1, -0.05) is 30.3 Å². The van der Waals surface area contributed by atoms with Crippen molar-refractivity contribution in [3.8, 4) is 0 Å². The average Bonchev–Trinajstić information content (AvgIpc) is 3.37. The molecule has 1 aliphatic heterocycles. The highest BCUT2D eigenvalue weighted by atomic mass is 32.2. The number of piperazine rings is 1. The molecule has 2 aromatic carbocycles. The van der Waals surface area contributed by atoms with Crippen LogP contribution in [0.15, 0.2) is 70.2 Å². The Hall–Kier alpha value is -2.98. The van der Waals surface area contributed by atoms with Gasteiger partial charge in [0.15, 0.2) is 0 Å². The van der Waals surface area contributed by atoms with E-state index < -0.39 is 10.0 Å². The maximum atomic E-state index is 12.9. The Balaban J connectivity index is 1.38. The average molecular weight is 497 g/mol. The van der Waals surface area contributed by atoms with Crippen molar-refractivity contribution >= 4 is 15.9 Å². The summed E-state index contributed by atoms with van der Waals surface area (Å²) in [5.41, 5.74) is 3.26. The molecular weight excluding hydrogens is 464 g/mol. The molecule has 0 bridgehead atoms. The number of aryl methyl sites for hydroxylation is 1. The maximum Gasteiger partial charge on any atom is 0.251 e. The van der Waals surface area contributed by atoms with E-state index in [1.54, 1.807) is 25.1 Å². The van der Waals surface area contributed by atoms with E-state index in [0.717, 1.165) is 38.3 Å². The Kier molecular flexibility index (Phi) is 8.02. The summed E-state index contributed by atoms with van der Waals surface area (Å²) in [7, 11) is -1.65. The number of nitrogens with one attached hydrogen (secondary N) is 2. The summed E-state index contributed by atoms with van der Waals surface area (Å²) in [6.07, 6.45) is 1.49. The van der Waals surface area contributed by atoms with Crippen molar-refractivity contribution in [3.63, 3.8) is 0 Å². The highest BCUT2D eigenvalue weighted by Gasteiger charge is 2.19. The number of amides is 1. The van der Waals surface area contributed by atoms with E-state index in [1.165, 1.54) is 24.0 Å². The Morgan fingerprint density at radius 2 is 1.74 bits per heavy atom. The zero-order valence-corrected chi connectivity index (χ0v) is 21.0. The molecule has 1 aromatic heterocycles. The lowest BCUT2D eigenvalue weighted by molar-refractivity contribution is 0.0950. The molecule has 0 spiro atoms. The van der Waals surface area contributed by atoms with Crippen LogP contribution in [-0.2, 0) is 29.7 Å². The first-order valence-electron chi connectivity index (χ1n) is 11.7. The van der Waals surface area contributed by atoms with E-state index >= 15 is 0 Å². The van der Waals surface area contributed by atoms with Gasteiger partial charge in [-0.05, 0) is 54.9 Å². The standard InChI is InChI=1S/C26H32N4O4S/c1-20-8-9-24(35(32,33)28-18-23-7-4-14-34-23)16-25(20)26(31)27-17-21-5-3-6-22(15-21)19-30-12-10-29(2)11-13-30/h3-9,14-16,28H,10-13,17-19H2,1-2H3,(H,27,31). The summed E-state index contributed by atoms with van der Waals surface area (Å²) in [5, 5.41) is 2.94. The fourth-order valence-electron chi connectivity index (χ4n) is 4.06. The van der Waals surface area contributed by atoms with Gasteiger partial charge in [0.25, 0.3) is 5.91 Å². The third kappa shape index (κ3) is 6.79. The smallest absolute Gasteiger partial charge is 0.251 e. The zero-order valence-electron chi connectivity index (χ0n) is 20.2. The van der Waals surface area contributed by atoms with Gasteiger partial charge in [0.05, 0.1) is 17.7 Å². The molecule has 35 heavy (non-hydrogen) atoms. The van der Waals surface area contributed by atoms with E-state index in [9.17, 15) is 13.2 Å². The largest absolute Gasteiger partial charge is 0.468 e. The van der Waals surface area contributed by atoms with E-state index in [2.05, 4.69) is 39.0 Å². The molecule has 0 unspecified atom stereocenters. The van der Waals surface area contributed by atoms with E-state index in [1.807, 2.05) is 12.1 Å². The normalized spacial score (nSPS) is 15.3. The minimum Gasteiger partial charge on any atom is -0.468 e. The molecule has 186 valence electrons. The molecular formula is C26H32N4O4S. The lowest BCUT2D eigenvalue weighted by Gasteiger charge is -2.32. The van der Waals surface area contributed by atoms with Crippen molar-refractivity contribution < 1.29 is 17.6 Å². The van der Waals surface area contributed by atoms with Gasteiger partial charge in [-0.15, -0.1) is 0 Å². The first kappa shape index (κ1) is 25.1. The van der Waals surface area contributed by atoms with Crippen molar-refractivity contribution in [1.29, 1.82) is 0 Å². The number of likely N-dealkylation sites (N-methyl/N-ethyl adjacent to an activating group) is 1. The number of sulfonamides is 1. The summed E-state index contributed by atoms with van der Waals surface area (Å²) >= 11 is 0. The van der Waals surface area contributed by atoms with Crippen LogP contribution in [0.3, 0.4) is 0 Å². The van der Waals surface area contributed by atoms with Crippen LogP contribution in [0.25, 0.3) is 0 Å². The molecule has 1 aliphatic rings. The highest BCUT2D eigenvalue weighted by Crippen LogP contribution is 2.17. The Bertz CT molecular complexity index is 1250. The van der Waals surface area contributed by atoms with Gasteiger partial charge in [0.1, 0.15) is 5.76 Å². The van der Waals surface area contributed by atoms with Crippen LogP contribution in [0.1, 0.15) is 32.8 Å². The van der Waals surface area contributed by atoms with E-state index in [4.69, 9.17) is 4.42 Å². The van der Waals surface area contributed by atoms with Gasteiger partial charge in [0, 0.05) is 44.8 Å². The van der Waals surface area contributed by atoms with Gasteiger partial charge in [-0.25, -0.2) is 13.1 Å². The van der Waals surface area contributed by atoms with Gasteiger partial charge in [-0.2, -0.15) is 0 Å². The minimum atomic E-state index is -3.80. The Morgan fingerprint density at radius 1 is 0.971 bits per heavy atom. The van der Waals surface area contributed by atoms with Gasteiger partial charge < -0.3 is 14.6 Å². The van der Waals surface area contributed by atoms with Crippen LogP contribution in [0, 0.1) is 6.92 Å². The molecule has 1 fully saturated rings. The van der Waals surface area contributed by atoms with Crippen molar-refractivity contribution in [1.82, 2.24) is 19.8 Å². The molecule has 0 aliphatic carbocycles. The summed E-state index contributed by atoms with van der Waals surface area (Å²) in [4.78, 5) is 17.7. The van der Waals surface area contributed by atoms with Crippen molar-refractivity contribution in [2.45, 2.75) is 31.5 Å². The number of benzene rings is 2. The summed E-state index contributed by atoms with van der Waals surface area (Å²) in [6.45, 7) is 7.32.